The summed E-state index contributed by atoms with van der Waals surface area (Å²) in [6.07, 6.45) is 3.14. The molecule has 0 heterocycles. The Morgan fingerprint density at radius 1 is 1.36 bits per heavy atom. The van der Waals surface area contributed by atoms with Gasteiger partial charge in [-0.1, -0.05) is 18.6 Å². The molecule has 14 heavy (non-hydrogen) atoms. The maximum absolute atomic E-state index is 11.5. The number of ether oxygens (including phenoxy) is 1. The van der Waals surface area contributed by atoms with Gasteiger partial charge >= 0.3 is 5.97 Å². The molecule has 0 aliphatic heterocycles. The minimum Gasteiger partial charge on any atom is -0.425 e. The third-order valence-corrected chi connectivity index (χ3v) is 3.38. The van der Waals surface area contributed by atoms with Crippen LogP contribution in [0.4, 0.5) is 0 Å². The fourth-order valence-electron chi connectivity index (χ4n) is 1.36. The van der Waals surface area contributed by atoms with Crippen LogP contribution in [0.25, 0.3) is 0 Å². The number of benzene rings is 1. The second-order valence-corrected chi connectivity index (χ2v) is 4.64. The molecule has 3 heteroatoms. The molecule has 0 unspecified atom stereocenters. The number of hydrogen-bond acceptors (Lipinski definition) is 2. The molecular formula is C11H11IO2. The van der Waals surface area contributed by atoms with Gasteiger partial charge < -0.3 is 4.74 Å². The van der Waals surface area contributed by atoms with Gasteiger partial charge in [0.1, 0.15) is 5.75 Å². The van der Waals surface area contributed by atoms with Crippen LogP contribution >= 0.6 is 22.6 Å². The zero-order valence-corrected chi connectivity index (χ0v) is 9.86. The molecule has 0 radical (unpaired) electrons. The number of carbonyl (C=O) groups is 1. The lowest BCUT2D eigenvalue weighted by atomic mass is 9.86. The Morgan fingerprint density at radius 3 is 2.64 bits per heavy atom. The highest BCUT2D eigenvalue weighted by Crippen LogP contribution is 2.29. The van der Waals surface area contributed by atoms with Crippen molar-refractivity contribution in [1.82, 2.24) is 0 Å². The van der Waals surface area contributed by atoms with Gasteiger partial charge in [-0.3, -0.25) is 4.79 Å². The normalized spacial score (nSPS) is 16.1. The molecule has 0 spiro atoms. The first-order valence-electron chi connectivity index (χ1n) is 4.73. The Balaban J connectivity index is 2.03. The van der Waals surface area contributed by atoms with Crippen molar-refractivity contribution in [2.45, 2.75) is 19.3 Å². The van der Waals surface area contributed by atoms with Crippen LogP contribution in [0.5, 0.6) is 5.75 Å². The molecule has 1 aromatic carbocycles. The molecule has 1 aliphatic carbocycles. The maximum atomic E-state index is 11.5. The Kier molecular flexibility index (Phi) is 3.05. The lowest BCUT2D eigenvalue weighted by Crippen LogP contribution is -2.26. The van der Waals surface area contributed by atoms with Gasteiger partial charge in [-0.2, -0.15) is 0 Å². The first-order valence-corrected chi connectivity index (χ1v) is 5.81. The minimum absolute atomic E-state index is 0.0691. The number of esters is 1. The second-order valence-electron chi connectivity index (χ2n) is 3.48. The highest BCUT2D eigenvalue weighted by atomic mass is 127. The van der Waals surface area contributed by atoms with Crippen LogP contribution in [0.15, 0.2) is 24.3 Å². The maximum Gasteiger partial charge on any atom is 0.314 e. The Bertz CT molecular complexity index is 345. The van der Waals surface area contributed by atoms with Gasteiger partial charge in [0.05, 0.1) is 9.49 Å². The van der Waals surface area contributed by atoms with Crippen LogP contribution in [0.2, 0.25) is 0 Å². The van der Waals surface area contributed by atoms with E-state index in [0.717, 1.165) is 22.8 Å². The Morgan fingerprint density at radius 2 is 2.07 bits per heavy atom. The van der Waals surface area contributed by atoms with Gasteiger partial charge in [-0.15, -0.1) is 0 Å². The van der Waals surface area contributed by atoms with E-state index in [1.54, 1.807) is 0 Å². The van der Waals surface area contributed by atoms with Crippen LogP contribution in [0.3, 0.4) is 0 Å². The van der Waals surface area contributed by atoms with E-state index in [4.69, 9.17) is 4.74 Å². The van der Waals surface area contributed by atoms with E-state index in [-0.39, 0.29) is 11.9 Å². The van der Waals surface area contributed by atoms with Crippen LogP contribution < -0.4 is 4.74 Å². The van der Waals surface area contributed by atoms with Crippen molar-refractivity contribution in [2.24, 2.45) is 5.92 Å². The zero-order chi connectivity index (χ0) is 9.97. The van der Waals surface area contributed by atoms with Crippen LogP contribution in [-0.4, -0.2) is 5.97 Å². The Labute approximate surface area is 96.8 Å². The molecule has 1 aliphatic rings. The molecular weight excluding hydrogens is 291 g/mol. The summed E-state index contributed by atoms with van der Waals surface area (Å²) in [6, 6.07) is 7.58. The summed E-state index contributed by atoms with van der Waals surface area (Å²) in [7, 11) is 0. The number of carbonyl (C=O) groups excluding carboxylic acids is 1. The van der Waals surface area contributed by atoms with Gasteiger partial charge in [-0.05, 0) is 47.6 Å². The summed E-state index contributed by atoms with van der Waals surface area (Å²) < 4.78 is 6.29. The molecule has 0 amide bonds. The molecule has 0 saturated heterocycles. The summed E-state index contributed by atoms with van der Waals surface area (Å²) in [5, 5.41) is 0. The van der Waals surface area contributed by atoms with E-state index >= 15 is 0 Å². The predicted molar refractivity (Wildman–Crippen MR) is 62.1 cm³/mol. The van der Waals surface area contributed by atoms with Crippen molar-refractivity contribution in [2.75, 3.05) is 0 Å². The number of halogens is 1. The Hall–Kier alpha value is -0.580. The lowest BCUT2D eigenvalue weighted by molar-refractivity contribution is -0.141. The molecule has 0 bridgehead atoms. The average molecular weight is 302 g/mol. The molecule has 1 fully saturated rings. The van der Waals surface area contributed by atoms with Gasteiger partial charge in [0, 0.05) is 0 Å². The summed E-state index contributed by atoms with van der Waals surface area (Å²) in [4.78, 5) is 11.5. The van der Waals surface area contributed by atoms with Crippen LogP contribution in [0, 0.1) is 9.49 Å². The van der Waals surface area contributed by atoms with Gasteiger partial charge in [0.2, 0.25) is 0 Å². The van der Waals surface area contributed by atoms with Crippen molar-refractivity contribution < 1.29 is 9.53 Å². The van der Waals surface area contributed by atoms with Crippen molar-refractivity contribution in [1.29, 1.82) is 0 Å². The quantitative estimate of drug-likeness (QED) is 0.477. The van der Waals surface area contributed by atoms with E-state index in [0.29, 0.717) is 5.75 Å². The molecule has 2 rings (SSSR count). The van der Waals surface area contributed by atoms with E-state index in [1.165, 1.54) is 0 Å². The van der Waals surface area contributed by atoms with Crippen LogP contribution in [0.1, 0.15) is 19.3 Å². The summed E-state index contributed by atoms with van der Waals surface area (Å²) in [5.41, 5.74) is 0. The molecule has 2 nitrogen and oxygen atoms in total. The van der Waals surface area contributed by atoms with Gasteiger partial charge in [0.15, 0.2) is 0 Å². The first kappa shape index (κ1) is 9.96. The standard InChI is InChI=1S/C11H11IO2/c12-9-6-1-2-7-10(9)14-11(13)8-4-3-5-8/h1-2,6-8H,3-5H2. The topological polar surface area (TPSA) is 26.3 Å². The molecule has 1 saturated carbocycles. The van der Waals surface area contributed by atoms with E-state index in [1.807, 2.05) is 24.3 Å². The molecule has 0 aromatic heterocycles. The highest BCUT2D eigenvalue weighted by Gasteiger charge is 2.27. The largest absolute Gasteiger partial charge is 0.425 e. The minimum atomic E-state index is -0.0691. The third kappa shape index (κ3) is 2.08. The van der Waals surface area contributed by atoms with Crippen molar-refractivity contribution in [3.05, 3.63) is 27.8 Å². The first-order chi connectivity index (χ1) is 6.77. The van der Waals surface area contributed by atoms with Crippen molar-refractivity contribution in [3.8, 4) is 5.75 Å². The summed E-state index contributed by atoms with van der Waals surface area (Å²) >= 11 is 2.17. The fourth-order valence-corrected chi connectivity index (χ4v) is 1.86. The van der Waals surface area contributed by atoms with Crippen LogP contribution in [-0.2, 0) is 4.79 Å². The van der Waals surface area contributed by atoms with Crippen molar-refractivity contribution >= 4 is 28.6 Å². The third-order valence-electron chi connectivity index (χ3n) is 2.49. The average Bonchev–Trinajstić information content (AvgIpc) is 2.05. The van der Waals surface area contributed by atoms with Gasteiger partial charge in [0.25, 0.3) is 0 Å². The monoisotopic (exact) mass is 302 g/mol. The van der Waals surface area contributed by atoms with E-state index < -0.39 is 0 Å². The zero-order valence-electron chi connectivity index (χ0n) is 7.70. The molecule has 0 N–H and O–H groups in total. The predicted octanol–water partition coefficient (Wildman–Crippen LogP) is 3.00. The van der Waals surface area contributed by atoms with Gasteiger partial charge in [-0.25, -0.2) is 0 Å². The highest BCUT2D eigenvalue weighted by molar-refractivity contribution is 14.1. The second kappa shape index (κ2) is 4.29. The lowest BCUT2D eigenvalue weighted by Gasteiger charge is -2.23. The molecule has 1 aromatic rings. The summed E-state index contributed by atoms with van der Waals surface area (Å²) in [5.74, 6) is 0.761. The number of hydrogen-bond donors (Lipinski definition) is 0. The summed E-state index contributed by atoms with van der Waals surface area (Å²) in [6.45, 7) is 0. The number of para-hydroxylation sites is 1. The molecule has 74 valence electrons. The number of rotatable bonds is 2. The SMILES string of the molecule is O=C(Oc1ccccc1I)C1CCC1. The smallest absolute Gasteiger partial charge is 0.314 e. The van der Waals surface area contributed by atoms with Crippen molar-refractivity contribution in [3.63, 3.8) is 0 Å². The van der Waals surface area contributed by atoms with E-state index in [9.17, 15) is 4.79 Å². The molecule has 0 atom stereocenters. The van der Waals surface area contributed by atoms with E-state index in [2.05, 4.69) is 22.6 Å². The fraction of sp³-hybridized carbons (Fsp3) is 0.364.